The fourth-order valence-corrected chi connectivity index (χ4v) is 4.22. The van der Waals surface area contributed by atoms with Crippen molar-refractivity contribution in [2.45, 2.75) is 18.8 Å². The molecule has 2 aromatic rings. The van der Waals surface area contributed by atoms with Crippen molar-refractivity contribution in [1.82, 2.24) is 14.6 Å². The van der Waals surface area contributed by atoms with Gasteiger partial charge in [0.1, 0.15) is 11.6 Å². The molecule has 0 radical (unpaired) electrons. The van der Waals surface area contributed by atoms with E-state index in [-0.39, 0.29) is 17.4 Å². The van der Waals surface area contributed by atoms with Gasteiger partial charge in [0.05, 0.1) is 24.8 Å². The Hall–Kier alpha value is -1.63. The molecular weight excluding hydrogens is 266 g/mol. The van der Waals surface area contributed by atoms with Crippen molar-refractivity contribution < 1.29 is 13.2 Å². The Morgan fingerprint density at radius 2 is 2.21 bits per heavy atom. The van der Waals surface area contributed by atoms with Crippen molar-refractivity contribution in [3.8, 4) is 5.75 Å². The summed E-state index contributed by atoms with van der Waals surface area (Å²) >= 11 is 0. The van der Waals surface area contributed by atoms with Gasteiger partial charge in [-0.1, -0.05) is 0 Å². The molecule has 1 saturated heterocycles. The van der Waals surface area contributed by atoms with E-state index in [0.29, 0.717) is 23.6 Å². The zero-order valence-electron chi connectivity index (χ0n) is 10.6. The monoisotopic (exact) mass is 281 g/mol. The summed E-state index contributed by atoms with van der Waals surface area (Å²) in [5, 5.41) is 8.23. The quantitative estimate of drug-likeness (QED) is 0.822. The Labute approximate surface area is 111 Å². The van der Waals surface area contributed by atoms with Gasteiger partial charge in [-0.3, -0.25) is 4.40 Å². The number of aromatic nitrogens is 3. The Bertz CT molecular complexity index is 708. The molecule has 1 aliphatic heterocycles. The molecule has 0 aromatic carbocycles. The third-order valence-corrected chi connectivity index (χ3v) is 5.29. The molecule has 0 bridgehead atoms. The molecule has 0 amide bonds. The van der Waals surface area contributed by atoms with Gasteiger partial charge in [-0.2, -0.15) is 0 Å². The van der Waals surface area contributed by atoms with Gasteiger partial charge in [0.2, 0.25) is 0 Å². The van der Waals surface area contributed by atoms with E-state index in [4.69, 9.17) is 4.74 Å². The number of fused-ring (bicyclic) bond motifs is 1. The molecule has 0 N–H and O–H groups in total. The predicted molar refractivity (Wildman–Crippen MR) is 70.2 cm³/mol. The van der Waals surface area contributed by atoms with E-state index >= 15 is 0 Å². The zero-order chi connectivity index (χ0) is 13.5. The number of hydrogen-bond acceptors (Lipinski definition) is 5. The third-order valence-electron chi connectivity index (χ3n) is 3.47. The first-order chi connectivity index (χ1) is 9.09. The summed E-state index contributed by atoms with van der Waals surface area (Å²) < 4.78 is 30.5. The third kappa shape index (κ3) is 2.30. The highest BCUT2D eigenvalue weighted by Gasteiger charge is 2.29. The summed E-state index contributed by atoms with van der Waals surface area (Å²) in [7, 11) is -1.36. The molecule has 1 aliphatic rings. The molecule has 0 saturated carbocycles. The molecular formula is C12H15N3O3S. The number of nitrogens with zero attached hydrogens (tertiary/aromatic N) is 3. The van der Waals surface area contributed by atoms with E-state index in [2.05, 4.69) is 10.2 Å². The van der Waals surface area contributed by atoms with Crippen LogP contribution in [0.5, 0.6) is 5.75 Å². The van der Waals surface area contributed by atoms with Crippen LogP contribution in [0.4, 0.5) is 0 Å². The first-order valence-electron chi connectivity index (χ1n) is 6.18. The maximum Gasteiger partial charge on any atom is 0.161 e. The van der Waals surface area contributed by atoms with E-state index in [1.54, 1.807) is 13.3 Å². The molecule has 6 nitrogen and oxygen atoms in total. The molecule has 2 aromatic heterocycles. The van der Waals surface area contributed by atoms with Crippen LogP contribution in [0.25, 0.3) is 5.65 Å². The number of ether oxygens (including phenoxy) is 1. The van der Waals surface area contributed by atoms with Gasteiger partial charge in [0, 0.05) is 5.92 Å². The first-order valence-corrected chi connectivity index (χ1v) is 8.00. The van der Waals surface area contributed by atoms with Crippen LogP contribution in [0.1, 0.15) is 24.6 Å². The summed E-state index contributed by atoms with van der Waals surface area (Å²) in [6.45, 7) is 0. The molecule has 19 heavy (non-hydrogen) atoms. The van der Waals surface area contributed by atoms with E-state index in [0.717, 1.165) is 6.42 Å². The van der Waals surface area contributed by atoms with Gasteiger partial charge in [-0.25, -0.2) is 8.42 Å². The summed E-state index contributed by atoms with van der Waals surface area (Å²) in [5.41, 5.74) is 0.707. The lowest BCUT2D eigenvalue weighted by molar-refractivity contribution is 0.412. The fraction of sp³-hybridized carbons (Fsp3) is 0.500. The van der Waals surface area contributed by atoms with Crippen LogP contribution in [0.2, 0.25) is 0 Å². The second-order valence-corrected chi connectivity index (χ2v) is 7.04. The summed E-state index contributed by atoms with van der Waals surface area (Å²) in [6.07, 6.45) is 3.31. The van der Waals surface area contributed by atoms with Gasteiger partial charge in [-0.05, 0) is 25.0 Å². The van der Waals surface area contributed by atoms with Crippen LogP contribution in [0.15, 0.2) is 18.3 Å². The minimum absolute atomic E-state index is 0.0825. The number of hydrogen-bond donors (Lipinski definition) is 0. The number of pyridine rings is 1. The van der Waals surface area contributed by atoms with E-state index in [1.165, 1.54) is 0 Å². The van der Waals surface area contributed by atoms with Gasteiger partial charge >= 0.3 is 0 Å². The number of sulfone groups is 1. The van der Waals surface area contributed by atoms with Gasteiger partial charge in [-0.15, -0.1) is 10.2 Å². The molecule has 0 aliphatic carbocycles. The maximum atomic E-state index is 11.7. The van der Waals surface area contributed by atoms with Crippen LogP contribution in [0.3, 0.4) is 0 Å². The largest absolute Gasteiger partial charge is 0.495 e. The summed E-state index contributed by atoms with van der Waals surface area (Å²) in [6, 6.07) is 3.62. The Balaban J connectivity index is 2.04. The van der Waals surface area contributed by atoms with Crippen LogP contribution in [0, 0.1) is 0 Å². The van der Waals surface area contributed by atoms with Crippen LogP contribution >= 0.6 is 0 Å². The fourth-order valence-electron chi connectivity index (χ4n) is 2.51. The Kier molecular flexibility index (Phi) is 2.93. The minimum atomic E-state index is -2.95. The molecule has 3 heterocycles. The molecule has 1 fully saturated rings. The highest BCUT2D eigenvalue weighted by molar-refractivity contribution is 7.91. The van der Waals surface area contributed by atoms with Crippen LogP contribution < -0.4 is 4.74 Å². The average Bonchev–Trinajstić information content (AvgIpc) is 2.80. The zero-order valence-corrected chi connectivity index (χ0v) is 11.4. The Morgan fingerprint density at radius 1 is 1.37 bits per heavy atom. The van der Waals surface area contributed by atoms with Gasteiger partial charge < -0.3 is 4.74 Å². The maximum absolute atomic E-state index is 11.7. The highest BCUT2D eigenvalue weighted by Crippen LogP contribution is 2.28. The first kappa shape index (κ1) is 12.4. The lowest BCUT2D eigenvalue weighted by Gasteiger charge is -2.20. The average molecular weight is 281 g/mol. The number of methoxy groups -OCH3 is 1. The van der Waals surface area contributed by atoms with Crippen LogP contribution in [-0.4, -0.2) is 41.6 Å². The van der Waals surface area contributed by atoms with Gasteiger partial charge in [0.25, 0.3) is 0 Å². The molecule has 0 spiro atoms. The van der Waals surface area contributed by atoms with E-state index in [9.17, 15) is 8.42 Å². The topological polar surface area (TPSA) is 73.6 Å². The predicted octanol–water partition coefficient (Wildman–Crippen LogP) is 1.03. The second kappa shape index (κ2) is 4.48. The van der Waals surface area contributed by atoms with E-state index in [1.807, 2.05) is 16.5 Å². The van der Waals surface area contributed by atoms with Gasteiger partial charge in [0.15, 0.2) is 15.5 Å². The van der Waals surface area contributed by atoms with Crippen molar-refractivity contribution in [3.63, 3.8) is 0 Å². The van der Waals surface area contributed by atoms with Crippen molar-refractivity contribution in [1.29, 1.82) is 0 Å². The minimum Gasteiger partial charge on any atom is -0.495 e. The van der Waals surface area contributed by atoms with Crippen molar-refractivity contribution in [2.24, 2.45) is 0 Å². The Morgan fingerprint density at radius 3 is 2.95 bits per heavy atom. The summed E-state index contributed by atoms with van der Waals surface area (Å²) in [4.78, 5) is 0. The molecule has 3 rings (SSSR count). The standard InChI is InChI=1S/C12H15N3O3S/c1-18-10-4-5-11-13-14-12(15(11)7-10)9-3-2-6-19(16,17)8-9/h4-5,7,9H,2-3,6,8H2,1H3. The van der Waals surface area contributed by atoms with Crippen molar-refractivity contribution in [2.75, 3.05) is 18.6 Å². The second-order valence-electron chi connectivity index (χ2n) is 4.81. The normalized spacial score (nSPS) is 22.5. The SMILES string of the molecule is COc1ccc2nnc(C3CCCS(=O)(=O)C3)n2c1. The lowest BCUT2D eigenvalue weighted by Crippen LogP contribution is -2.25. The molecule has 1 atom stereocenters. The number of rotatable bonds is 2. The van der Waals surface area contributed by atoms with Crippen LogP contribution in [-0.2, 0) is 9.84 Å². The summed E-state index contributed by atoms with van der Waals surface area (Å²) in [5.74, 6) is 1.76. The molecule has 7 heteroatoms. The van der Waals surface area contributed by atoms with E-state index < -0.39 is 9.84 Å². The smallest absolute Gasteiger partial charge is 0.161 e. The molecule has 1 unspecified atom stereocenters. The lowest BCUT2D eigenvalue weighted by atomic mass is 10.1. The van der Waals surface area contributed by atoms with Crippen molar-refractivity contribution in [3.05, 3.63) is 24.2 Å². The van der Waals surface area contributed by atoms with Crippen molar-refractivity contribution >= 4 is 15.5 Å². The highest BCUT2D eigenvalue weighted by atomic mass is 32.2. The molecule has 102 valence electrons.